The van der Waals surface area contributed by atoms with E-state index in [1.165, 1.54) is 0 Å². The molecular formula is C23H30BrNO3. The van der Waals surface area contributed by atoms with Gasteiger partial charge in [0.2, 0.25) is 0 Å². The lowest BCUT2D eigenvalue weighted by atomic mass is 10.0. The van der Waals surface area contributed by atoms with Crippen molar-refractivity contribution in [2.75, 3.05) is 6.54 Å². The normalized spacial score (nSPS) is 13.6. The van der Waals surface area contributed by atoms with Crippen molar-refractivity contribution in [2.45, 2.75) is 58.3 Å². The lowest BCUT2D eigenvalue weighted by molar-refractivity contribution is 0.0160. The average molecular weight is 448 g/mol. The van der Waals surface area contributed by atoms with Gasteiger partial charge in [0, 0.05) is 11.0 Å². The van der Waals surface area contributed by atoms with Crippen LogP contribution >= 0.6 is 15.9 Å². The molecule has 1 unspecified atom stereocenters. The molecule has 152 valence electrons. The number of nitrogens with zero attached hydrogens (tertiary/aromatic N) is 1. The third kappa shape index (κ3) is 6.95. The second-order valence-electron chi connectivity index (χ2n) is 7.97. The number of rotatable bonds is 7. The average Bonchev–Trinajstić information content (AvgIpc) is 2.64. The molecule has 0 aliphatic rings. The summed E-state index contributed by atoms with van der Waals surface area (Å²) in [5.74, 6) is 0. The van der Waals surface area contributed by atoms with Gasteiger partial charge in [-0.25, -0.2) is 4.79 Å². The number of benzene rings is 2. The van der Waals surface area contributed by atoms with Crippen molar-refractivity contribution >= 4 is 22.0 Å². The number of aliphatic hydroxyl groups is 1. The van der Waals surface area contributed by atoms with Crippen LogP contribution in [0.1, 0.15) is 63.8 Å². The van der Waals surface area contributed by atoms with E-state index in [1.807, 2.05) is 82.3 Å². The van der Waals surface area contributed by atoms with Gasteiger partial charge in [0.25, 0.3) is 0 Å². The first-order valence-electron chi connectivity index (χ1n) is 9.65. The first-order valence-corrected chi connectivity index (χ1v) is 10.4. The summed E-state index contributed by atoms with van der Waals surface area (Å²) in [4.78, 5) is 14.6. The van der Waals surface area contributed by atoms with Gasteiger partial charge < -0.3 is 14.7 Å². The second kappa shape index (κ2) is 10.1. The number of aliphatic hydroxyl groups excluding tert-OH is 1. The molecule has 0 spiro atoms. The first kappa shape index (κ1) is 22.4. The van der Waals surface area contributed by atoms with Gasteiger partial charge in [-0.15, -0.1) is 0 Å². The Morgan fingerprint density at radius 3 is 2.25 bits per heavy atom. The number of hydrogen-bond acceptors (Lipinski definition) is 3. The first-order chi connectivity index (χ1) is 13.2. The minimum atomic E-state index is -0.557. The van der Waals surface area contributed by atoms with E-state index in [0.29, 0.717) is 19.4 Å². The predicted molar refractivity (Wildman–Crippen MR) is 116 cm³/mol. The molecule has 0 saturated heterocycles. The van der Waals surface area contributed by atoms with E-state index >= 15 is 0 Å². The third-order valence-corrected chi connectivity index (χ3v) is 5.04. The van der Waals surface area contributed by atoms with E-state index < -0.39 is 11.7 Å². The monoisotopic (exact) mass is 447 g/mol. The molecule has 2 atom stereocenters. The molecule has 2 rings (SSSR count). The zero-order valence-corrected chi connectivity index (χ0v) is 18.6. The highest BCUT2D eigenvalue weighted by molar-refractivity contribution is 9.10. The summed E-state index contributed by atoms with van der Waals surface area (Å²) >= 11 is 3.45. The van der Waals surface area contributed by atoms with Gasteiger partial charge in [-0.05, 0) is 63.8 Å². The van der Waals surface area contributed by atoms with E-state index in [2.05, 4.69) is 15.9 Å². The number of carbonyl (C=O) groups is 1. The fourth-order valence-corrected chi connectivity index (χ4v) is 3.25. The highest BCUT2D eigenvalue weighted by Gasteiger charge is 2.27. The largest absolute Gasteiger partial charge is 0.444 e. The summed E-state index contributed by atoms with van der Waals surface area (Å²) in [5.41, 5.74) is 1.38. The second-order valence-corrected chi connectivity index (χ2v) is 8.89. The molecule has 0 aromatic heterocycles. The van der Waals surface area contributed by atoms with Crippen LogP contribution in [0.2, 0.25) is 0 Å². The molecule has 2 aromatic carbocycles. The Kier molecular flexibility index (Phi) is 8.08. The Hall–Kier alpha value is -1.85. The van der Waals surface area contributed by atoms with Crippen molar-refractivity contribution in [3.8, 4) is 0 Å². The van der Waals surface area contributed by atoms with Crippen LogP contribution in [0.4, 0.5) is 4.79 Å². The van der Waals surface area contributed by atoms with E-state index in [0.717, 1.165) is 15.6 Å². The predicted octanol–water partition coefficient (Wildman–Crippen LogP) is 6.26. The molecule has 0 aliphatic carbocycles. The molecule has 0 bridgehead atoms. The van der Waals surface area contributed by atoms with Crippen LogP contribution in [0.5, 0.6) is 0 Å². The molecule has 5 heteroatoms. The molecule has 1 amide bonds. The van der Waals surface area contributed by atoms with Gasteiger partial charge in [0.1, 0.15) is 5.60 Å². The van der Waals surface area contributed by atoms with Gasteiger partial charge in [-0.1, -0.05) is 58.4 Å². The Balaban J connectivity index is 2.07. The van der Waals surface area contributed by atoms with Crippen molar-refractivity contribution in [3.05, 3.63) is 70.2 Å². The summed E-state index contributed by atoms with van der Waals surface area (Å²) in [6.45, 7) is 8.11. The summed E-state index contributed by atoms with van der Waals surface area (Å²) in [5, 5.41) is 10.4. The van der Waals surface area contributed by atoms with E-state index in [9.17, 15) is 9.90 Å². The summed E-state index contributed by atoms with van der Waals surface area (Å²) in [7, 11) is 0. The summed E-state index contributed by atoms with van der Waals surface area (Å²) < 4.78 is 6.62. The molecule has 0 heterocycles. The van der Waals surface area contributed by atoms with E-state index in [1.54, 1.807) is 4.90 Å². The molecule has 0 saturated carbocycles. The minimum absolute atomic E-state index is 0.128. The Bertz CT molecular complexity index is 741. The maximum Gasteiger partial charge on any atom is 0.410 e. The lowest BCUT2D eigenvalue weighted by Crippen LogP contribution is -2.39. The van der Waals surface area contributed by atoms with E-state index in [-0.39, 0.29) is 12.1 Å². The van der Waals surface area contributed by atoms with Gasteiger partial charge in [0.15, 0.2) is 0 Å². The zero-order chi connectivity index (χ0) is 20.7. The quantitative estimate of drug-likeness (QED) is 0.544. The van der Waals surface area contributed by atoms with Crippen LogP contribution < -0.4 is 0 Å². The van der Waals surface area contributed by atoms with E-state index in [4.69, 9.17) is 4.74 Å². The van der Waals surface area contributed by atoms with Gasteiger partial charge in [-0.3, -0.25) is 0 Å². The summed E-state index contributed by atoms with van der Waals surface area (Å²) in [6, 6.07) is 17.4. The maximum atomic E-state index is 12.8. The lowest BCUT2D eigenvalue weighted by Gasteiger charge is -2.32. The van der Waals surface area contributed by atoms with Crippen LogP contribution in [0.25, 0.3) is 0 Å². The van der Waals surface area contributed by atoms with Crippen LogP contribution in [-0.2, 0) is 4.74 Å². The molecule has 1 N–H and O–H groups in total. The number of halogens is 1. The van der Waals surface area contributed by atoms with Crippen molar-refractivity contribution in [3.63, 3.8) is 0 Å². The number of amides is 1. The highest BCUT2D eigenvalue weighted by Crippen LogP contribution is 2.26. The number of ether oxygens (including phenoxy) is 1. The highest BCUT2D eigenvalue weighted by atomic mass is 79.9. The van der Waals surface area contributed by atoms with Crippen molar-refractivity contribution in [1.82, 2.24) is 4.90 Å². The van der Waals surface area contributed by atoms with Gasteiger partial charge in [-0.2, -0.15) is 0 Å². The molecule has 0 fully saturated rings. The fourth-order valence-electron chi connectivity index (χ4n) is 2.98. The van der Waals surface area contributed by atoms with Crippen LogP contribution in [-0.4, -0.2) is 28.2 Å². The standard InChI is InChI=1S/C23H30BrNO3/c1-17(18-12-14-20(24)15-13-18)25(22(27)28-23(2,3)4)16-8-11-21(26)19-9-6-5-7-10-19/h5-7,9-10,12-15,17,21,26H,8,11,16H2,1-4H3/t17?,21-/m0/s1. The molecular weight excluding hydrogens is 418 g/mol. The van der Waals surface area contributed by atoms with Crippen LogP contribution in [0.15, 0.2) is 59.1 Å². The van der Waals surface area contributed by atoms with Gasteiger partial charge >= 0.3 is 6.09 Å². The fraction of sp³-hybridized carbons (Fsp3) is 0.435. The van der Waals surface area contributed by atoms with Crippen molar-refractivity contribution in [2.24, 2.45) is 0 Å². The SMILES string of the molecule is CC(c1ccc(Br)cc1)N(CCC[C@H](O)c1ccccc1)C(=O)OC(C)(C)C. The van der Waals surface area contributed by atoms with Gasteiger partial charge in [0.05, 0.1) is 12.1 Å². The van der Waals surface area contributed by atoms with Crippen molar-refractivity contribution in [1.29, 1.82) is 0 Å². The Morgan fingerprint density at radius 2 is 1.68 bits per heavy atom. The Labute approximate surface area is 176 Å². The third-order valence-electron chi connectivity index (χ3n) is 4.51. The smallest absolute Gasteiger partial charge is 0.410 e. The number of carbonyl (C=O) groups excluding carboxylic acids is 1. The van der Waals surface area contributed by atoms with Crippen LogP contribution in [0.3, 0.4) is 0 Å². The molecule has 0 aliphatic heterocycles. The summed E-state index contributed by atoms with van der Waals surface area (Å²) in [6.07, 6.45) is 0.383. The number of hydrogen-bond donors (Lipinski definition) is 1. The molecule has 0 radical (unpaired) electrons. The van der Waals surface area contributed by atoms with Crippen LogP contribution in [0, 0.1) is 0 Å². The minimum Gasteiger partial charge on any atom is -0.444 e. The topological polar surface area (TPSA) is 49.8 Å². The molecule has 2 aromatic rings. The Morgan fingerprint density at radius 1 is 1.07 bits per heavy atom. The molecule has 4 nitrogen and oxygen atoms in total. The molecule has 28 heavy (non-hydrogen) atoms. The van der Waals surface area contributed by atoms with Crippen molar-refractivity contribution < 1.29 is 14.6 Å². The zero-order valence-electron chi connectivity index (χ0n) is 17.1. The maximum absolute atomic E-state index is 12.8.